The maximum Gasteiger partial charge on any atom is 0.227 e. The van der Waals surface area contributed by atoms with Gasteiger partial charge >= 0.3 is 0 Å². The molecular weight excluding hydrogens is 250 g/mol. The molecule has 20 heavy (non-hydrogen) atoms. The first-order valence-electron chi connectivity index (χ1n) is 6.68. The molecule has 1 atom stereocenters. The molecule has 0 aromatic heterocycles. The van der Waals surface area contributed by atoms with Crippen LogP contribution in [-0.2, 0) is 11.2 Å². The lowest BCUT2D eigenvalue weighted by Gasteiger charge is -2.09. The Morgan fingerprint density at radius 1 is 1.05 bits per heavy atom. The van der Waals surface area contributed by atoms with E-state index in [1.165, 1.54) is 5.56 Å². The van der Waals surface area contributed by atoms with Crippen LogP contribution in [0.1, 0.15) is 24.0 Å². The monoisotopic (exact) mass is 271 g/mol. The highest BCUT2D eigenvalue weighted by Crippen LogP contribution is 2.13. The van der Waals surface area contributed by atoms with Gasteiger partial charge in [-0.05, 0) is 17.5 Å². The van der Waals surface area contributed by atoms with Crippen LogP contribution in [0.3, 0.4) is 0 Å². The largest absolute Gasteiger partial charge is 0.395 e. The lowest BCUT2D eigenvalue weighted by Crippen LogP contribution is -2.24. The summed E-state index contributed by atoms with van der Waals surface area (Å²) in [5.74, 6) is -1.07. The van der Waals surface area contributed by atoms with Gasteiger partial charge in [0.05, 0.1) is 12.5 Å². The van der Waals surface area contributed by atoms with Gasteiger partial charge in [0.15, 0.2) is 0 Å². The van der Waals surface area contributed by atoms with Crippen LogP contribution in [0.4, 0.5) is 0 Å². The third-order valence-corrected chi connectivity index (χ3v) is 2.98. The Hall–Kier alpha value is -2.13. The molecule has 0 bridgehead atoms. The van der Waals surface area contributed by atoms with Crippen molar-refractivity contribution in [2.45, 2.75) is 19.3 Å². The molecule has 1 unspecified atom stereocenters. The molecule has 0 saturated heterocycles. The highest BCUT2D eigenvalue weighted by Gasteiger charge is 2.15. The van der Waals surface area contributed by atoms with Crippen molar-refractivity contribution in [1.82, 2.24) is 0 Å². The van der Waals surface area contributed by atoms with Crippen LogP contribution in [0.2, 0.25) is 0 Å². The Labute approximate surface area is 120 Å². The number of amides is 1. The lowest BCUT2D eigenvalue weighted by atomic mass is 10.00. The second-order valence-corrected chi connectivity index (χ2v) is 4.39. The van der Waals surface area contributed by atoms with E-state index in [0.717, 1.165) is 12.0 Å². The van der Waals surface area contributed by atoms with Gasteiger partial charge in [0.2, 0.25) is 5.91 Å². The molecule has 0 radical (unpaired) electrons. The summed E-state index contributed by atoms with van der Waals surface area (Å²) >= 11 is 0. The molecule has 2 aromatic carbocycles. The number of aliphatic hydroxyl groups is 1. The molecular formula is C17H21NO2. The van der Waals surface area contributed by atoms with E-state index >= 15 is 0 Å². The van der Waals surface area contributed by atoms with Crippen LogP contribution < -0.4 is 5.73 Å². The third kappa shape index (κ3) is 5.24. The standard InChI is InChI=1S/C9H11NO2.C8H10/c10-9(12)8(6-11)7-4-2-1-3-5-7;1-2-8-6-4-3-5-7-8/h1-5,8,11H,6H2,(H2,10,12);3-7H,2H2,1H3. The SMILES string of the molecule is CCc1ccccc1.NC(=O)C(CO)c1ccccc1. The van der Waals surface area contributed by atoms with Gasteiger partial charge in [0.25, 0.3) is 0 Å². The minimum Gasteiger partial charge on any atom is -0.395 e. The van der Waals surface area contributed by atoms with Crippen LogP contribution in [-0.4, -0.2) is 17.6 Å². The molecule has 3 heteroatoms. The number of aryl methyl sites for hydroxylation is 1. The molecule has 106 valence electrons. The van der Waals surface area contributed by atoms with Gasteiger partial charge in [0.1, 0.15) is 0 Å². The second-order valence-electron chi connectivity index (χ2n) is 4.39. The molecule has 2 rings (SSSR count). The zero-order valence-corrected chi connectivity index (χ0v) is 11.7. The Kier molecular flexibility index (Phi) is 7.07. The summed E-state index contributed by atoms with van der Waals surface area (Å²) in [5.41, 5.74) is 7.25. The number of carbonyl (C=O) groups excluding carboxylic acids is 1. The zero-order chi connectivity index (χ0) is 14.8. The summed E-state index contributed by atoms with van der Waals surface area (Å²) in [4.78, 5) is 10.8. The van der Waals surface area contributed by atoms with Crippen molar-refractivity contribution in [3.05, 3.63) is 71.8 Å². The van der Waals surface area contributed by atoms with Crippen molar-refractivity contribution < 1.29 is 9.90 Å². The smallest absolute Gasteiger partial charge is 0.227 e. The highest BCUT2D eigenvalue weighted by atomic mass is 16.3. The number of carbonyl (C=O) groups is 1. The van der Waals surface area contributed by atoms with E-state index in [2.05, 4.69) is 31.2 Å². The summed E-state index contributed by atoms with van der Waals surface area (Å²) < 4.78 is 0. The molecule has 0 saturated carbocycles. The summed E-state index contributed by atoms with van der Waals surface area (Å²) in [5, 5.41) is 8.85. The normalized spacial score (nSPS) is 11.1. The molecule has 0 heterocycles. The van der Waals surface area contributed by atoms with E-state index in [-0.39, 0.29) is 6.61 Å². The van der Waals surface area contributed by atoms with Gasteiger partial charge in [-0.1, -0.05) is 67.6 Å². The van der Waals surface area contributed by atoms with Gasteiger partial charge < -0.3 is 10.8 Å². The third-order valence-electron chi connectivity index (χ3n) is 2.98. The molecule has 0 fully saturated rings. The average Bonchev–Trinajstić information content (AvgIpc) is 2.50. The minimum absolute atomic E-state index is 0.237. The maximum atomic E-state index is 10.8. The van der Waals surface area contributed by atoms with Crippen molar-refractivity contribution in [3.63, 3.8) is 0 Å². The number of hydrogen-bond acceptors (Lipinski definition) is 2. The van der Waals surface area contributed by atoms with Gasteiger partial charge in [-0.2, -0.15) is 0 Å². The maximum absolute atomic E-state index is 10.8. The topological polar surface area (TPSA) is 63.3 Å². The summed E-state index contributed by atoms with van der Waals surface area (Å²) in [6.45, 7) is 1.93. The van der Waals surface area contributed by atoms with E-state index < -0.39 is 11.8 Å². The van der Waals surface area contributed by atoms with Crippen molar-refractivity contribution >= 4 is 5.91 Å². The van der Waals surface area contributed by atoms with Gasteiger partial charge in [-0.3, -0.25) is 4.79 Å². The first-order valence-corrected chi connectivity index (χ1v) is 6.68. The molecule has 3 N–H and O–H groups in total. The first-order chi connectivity index (χ1) is 9.69. The van der Waals surface area contributed by atoms with Gasteiger partial charge in [-0.15, -0.1) is 0 Å². The predicted octanol–water partition coefficient (Wildman–Crippen LogP) is 2.50. The molecule has 3 nitrogen and oxygen atoms in total. The van der Waals surface area contributed by atoms with Gasteiger partial charge in [0, 0.05) is 0 Å². The Morgan fingerprint density at radius 3 is 1.90 bits per heavy atom. The van der Waals surface area contributed by atoms with Crippen molar-refractivity contribution in [2.75, 3.05) is 6.61 Å². The van der Waals surface area contributed by atoms with Crippen LogP contribution in [0.25, 0.3) is 0 Å². The fourth-order valence-electron chi connectivity index (χ4n) is 1.76. The molecule has 0 aliphatic heterocycles. The average molecular weight is 271 g/mol. The number of benzene rings is 2. The predicted molar refractivity (Wildman–Crippen MR) is 81.3 cm³/mol. The molecule has 0 spiro atoms. The lowest BCUT2D eigenvalue weighted by molar-refractivity contribution is -0.120. The minimum atomic E-state index is -0.578. The number of primary amides is 1. The van der Waals surface area contributed by atoms with E-state index in [1.807, 2.05) is 12.1 Å². The van der Waals surface area contributed by atoms with E-state index in [4.69, 9.17) is 10.8 Å². The summed E-state index contributed by atoms with van der Waals surface area (Å²) in [6, 6.07) is 19.5. The van der Waals surface area contributed by atoms with E-state index in [9.17, 15) is 4.79 Å². The Bertz CT molecular complexity index is 497. The van der Waals surface area contributed by atoms with Gasteiger partial charge in [-0.25, -0.2) is 0 Å². The van der Waals surface area contributed by atoms with Crippen molar-refractivity contribution in [3.8, 4) is 0 Å². The molecule has 0 aliphatic carbocycles. The first kappa shape index (κ1) is 15.9. The fraction of sp³-hybridized carbons (Fsp3) is 0.235. The number of rotatable bonds is 4. The molecule has 1 amide bonds. The van der Waals surface area contributed by atoms with Crippen LogP contribution in [0, 0.1) is 0 Å². The summed E-state index contributed by atoms with van der Waals surface area (Å²) in [6.07, 6.45) is 1.14. The molecule has 2 aromatic rings. The summed E-state index contributed by atoms with van der Waals surface area (Å²) in [7, 11) is 0. The van der Waals surface area contributed by atoms with Crippen molar-refractivity contribution in [2.24, 2.45) is 5.73 Å². The number of nitrogens with two attached hydrogens (primary N) is 1. The van der Waals surface area contributed by atoms with Crippen LogP contribution in [0.5, 0.6) is 0 Å². The Balaban J connectivity index is 0.000000217. The Morgan fingerprint density at radius 2 is 1.55 bits per heavy atom. The van der Waals surface area contributed by atoms with E-state index in [0.29, 0.717) is 0 Å². The van der Waals surface area contributed by atoms with E-state index in [1.54, 1.807) is 24.3 Å². The number of hydrogen-bond donors (Lipinski definition) is 2. The second kappa shape index (κ2) is 8.88. The van der Waals surface area contributed by atoms with Crippen LogP contribution >= 0.6 is 0 Å². The quantitative estimate of drug-likeness (QED) is 0.897. The zero-order valence-electron chi connectivity index (χ0n) is 11.7. The fourth-order valence-corrected chi connectivity index (χ4v) is 1.76. The van der Waals surface area contributed by atoms with Crippen LogP contribution in [0.15, 0.2) is 60.7 Å². The number of aliphatic hydroxyl groups excluding tert-OH is 1. The van der Waals surface area contributed by atoms with Crippen molar-refractivity contribution in [1.29, 1.82) is 0 Å². The highest BCUT2D eigenvalue weighted by molar-refractivity contribution is 5.81. The molecule has 0 aliphatic rings.